The Bertz CT molecular complexity index is 1300. The van der Waals surface area contributed by atoms with Gasteiger partial charge in [-0.2, -0.15) is 22.0 Å². The van der Waals surface area contributed by atoms with E-state index in [2.05, 4.69) is 26.0 Å². The number of unbranched alkanes of at least 4 members (excludes halogenated alkanes) is 8. The van der Waals surface area contributed by atoms with Crippen LogP contribution in [0, 0.1) is 34.5 Å². The smallest absolute Gasteiger partial charge is 0.374 e. The first-order chi connectivity index (χ1) is 25.6. The van der Waals surface area contributed by atoms with Gasteiger partial charge in [-0.3, -0.25) is 0 Å². The lowest BCUT2D eigenvalue weighted by Gasteiger charge is -2.63. The number of sulfone groups is 1. The third kappa shape index (κ3) is 10.6. The van der Waals surface area contributed by atoms with Crippen molar-refractivity contribution in [1.82, 2.24) is 0 Å². The zero-order valence-corrected chi connectivity index (χ0v) is 33.8. The molecule has 5 rings (SSSR count). The third-order valence-corrected chi connectivity index (χ3v) is 16.0. The van der Waals surface area contributed by atoms with Gasteiger partial charge in [0.05, 0.1) is 43.5 Å². The van der Waals surface area contributed by atoms with Crippen LogP contribution in [0.3, 0.4) is 0 Å². The van der Waals surface area contributed by atoms with E-state index in [-0.39, 0.29) is 34.6 Å². The van der Waals surface area contributed by atoms with Crippen LogP contribution in [0.15, 0.2) is 12.2 Å². The lowest BCUT2D eigenvalue weighted by Crippen LogP contribution is -2.61. The number of fused-ring (bicyclic) bond motifs is 5. The average Bonchev–Trinajstić information content (AvgIpc) is 3.70. The molecule has 4 saturated carbocycles. The number of rotatable bonds is 21. The van der Waals surface area contributed by atoms with Crippen LogP contribution in [-0.4, -0.2) is 83.7 Å². The zero-order chi connectivity index (χ0) is 39.1. The fraction of sp³-hybridized carbons (Fsp3) is 0.951. The standard InChI is InChI=1S/C41H67F5O7S/c1-37-21-22-39(52-24-25-53-39)28-31(37)16-17-32-33-18-19-35(51-30-49-3)38(33,2)29-34(36(32)37)50-23-13-11-9-7-5-4-6-8-10-12-14-26-54(47,48)27-15-20-40(42,43)41(44,45)46/h11,13,31-36H,4-10,12,14-30H2,1-3H3/t31-,32-,33-,34-,35-,36+,37-,38-/m0/s1. The summed E-state index contributed by atoms with van der Waals surface area (Å²) in [6, 6.07) is 0. The van der Waals surface area contributed by atoms with E-state index in [9.17, 15) is 30.4 Å². The average molecular weight is 799 g/mol. The summed E-state index contributed by atoms with van der Waals surface area (Å²) < 4.78 is 118. The van der Waals surface area contributed by atoms with E-state index >= 15 is 0 Å². The highest BCUT2D eigenvalue weighted by atomic mass is 32.2. The maximum atomic E-state index is 13.0. The molecule has 13 heteroatoms. The predicted octanol–water partition coefficient (Wildman–Crippen LogP) is 10.2. The van der Waals surface area contributed by atoms with Crippen LogP contribution in [0.25, 0.3) is 0 Å². The molecule has 8 atom stereocenters. The van der Waals surface area contributed by atoms with Crippen molar-refractivity contribution in [2.75, 3.05) is 45.2 Å². The topological polar surface area (TPSA) is 80.3 Å². The molecule has 0 aromatic heterocycles. The normalized spacial score (nSPS) is 34.0. The van der Waals surface area contributed by atoms with E-state index in [1.54, 1.807) is 7.11 Å². The number of hydrogen-bond donors (Lipinski definition) is 0. The fourth-order valence-electron chi connectivity index (χ4n) is 11.3. The Labute approximate surface area is 321 Å². The minimum atomic E-state index is -5.65. The summed E-state index contributed by atoms with van der Waals surface area (Å²) in [6.07, 6.45) is 14.2. The van der Waals surface area contributed by atoms with Gasteiger partial charge in [0.25, 0.3) is 0 Å². The van der Waals surface area contributed by atoms with E-state index in [4.69, 9.17) is 23.7 Å². The van der Waals surface area contributed by atoms with E-state index < -0.39 is 40.5 Å². The summed E-state index contributed by atoms with van der Waals surface area (Å²) >= 11 is 0. The molecule has 0 unspecified atom stereocenters. The Morgan fingerprint density at radius 3 is 2.11 bits per heavy atom. The molecule has 1 aliphatic heterocycles. The monoisotopic (exact) mass is 798 g/mol. The quantitative estimate of drug-likeness (QED) is 0.0495. The largest absolute Gasteiger partial charge is 0.453 e. The molecular formula is C41H67F5O7S. The molecular weight excluding hydrogens is 732 g/mol. The maximum absolute atomic E-state index is 13.0. The van der Waals surface area contributed by atoms with Crippen molar-refractivity contribution in [3.63, 3.8) is 0 Å². The van der Waals surface area contributed by atoms with Crippen molar-refractivity contribution in [2.24, 2.45) is 34.5 Å². The fourth-order valence-corrected chi connectivity index (χ4v) is 12.8. The van der Waals surface area contributed by atoms with Gasteiger partial charge < -0.3 is 23.7 Å². The highest BCUT2D eigenvalue weighted by molar-refractivity contribution is 7.91. The van der Waals surface area contributed by atoms with Crippen LogP contribution < -0.4 is 0 Å². The van der Waals surface area contributed by atoms with E-state index in [1.807, 2.05) is 0 Å². The molecule has 4 aliphatic carbocycles. The van der Waals surface area contributed by atoms with Crippen LogP contribution in [0.1, 0.15) is 136 Å². The van der Waals surface area contributed by atoms with Crippen molar-refractivity contribution < 1.29 is 54.1 Å². The molecule has 1 heterocycles. The Morgan fingerprint density at radius 1 is 0.759 bits per heavy atom. The second kappa shape index (κ2) is 18.8. The molecule has 5 aliphatic rings. The molecule has 7 nitrogen and oxygen atoms in total. The molecule has 5 fully saturated rings. The predicted molar refractivity (Wildman–Crippen MR) is 198 cm³/mol. The number of alkyl halides is 5. The molecule has 0 N–H and O–H groups in total. The van der Waals surface area contributed by atoms with E-state index in [0.717, 1.165) is 77.0 Å². The molecule has 0 aromatic rings. The van der Waals surface area contributed by atoms with Crippen LogP contribution >= 0.6 is 0 Å². The van der Waals surface area contributed by atoms with Crippen molar-refractivity contribution in [3.05, 3.63) is 12.2 Å². The molecule has 0 amide bonds. The van der Waals surface area contributed by atoms with Crippen molar-refractivity contribution in [2.45, 2.75) is 166 Å². The van der Waals surface area contributed by atoms with Crippen molar-refractivity contribution >= 4 is 9.84 Å². The maximum Gasteiger partial charge on any atom is 0.453 e. The van der Waals surface area contributed by atoms with Crippen LogP contribution in [0.4, 0.5) is 22.0 Å². The number of ether oxygens (including phenoxy) is 5. The van der Waals surface area contributed by atoms with E-state index in [1.165, 1.54) is 19.3 Å². The van der Waals surface area contributed by atoms with Gasteiger partial charge in [-0.05, 0) is 98.7 Å². The summed E-state index contributed by atoms with van der Waals surface area (Å²) in [6.45, 7) is 7.36. The molecule has 0 aromatic carbocycles. The number of allylic oxidation sites excluding steroid dienone is 1. The van der Waals surface area contributed by atoms with Crippen molar-refractivity contribution in [3.8, 4) is 0 Å². The van der Waals surface area contributed by atoms with Gasteiger partial charge in [0.15, 0.2) is 5.79 Å². The molecule has 0 radical (unpaired) electrons. The molecule has 314 valence electrons. The van der Waals surface area contributed by atoms with Gasteiger partial charge in [0.2, 0.25) is 0 Å². The Balaban J connectivity index is 1.000. The summed E-state index contributed by atoms with van der Waals surface area (Å²) in [4.78, 5) is 0. The first kappa shape index (κ1) is 44.2. The summed E-state index contributed by atoms with van der Waals surface area (Å²) in [5, 5.41) is 0. The summed E-state index contributed by atoms with van der Waals surface area (Å²) in [7, 11) is -1.94. The lowest BCUT2D eigenvalue weighted by atomic mass is 9.44. The number of methoxy groups -OCH3 is 1. The van der Waals surface area contributed by atoms with Gasteiger partial charge in [-0.25, -0.2) is 8.42 Å². The SMILES string of the molecule is COCO[C@H]1CC[C@H]2[C@@H]3CC[C@H]4CC5(CC[C@]4(C)[C@H]3[C@@H](OCC=CCCCCCCCCCCS(=O)(=O)CCCC(F)(F)C(F)(F)F)C[C@]12C)OCCO5. The second-order valence-corrected chi connectivity index (χ2v) is 20.0. The zero-order valence-electron chi connectivity index (χ0n) is 33.0. The van der Waals surface area contributed by atoms with Gasteiger partial charge in [0, 0.05) is 26.4 Å². The van der Waals surface area contributed by atoms with Crippen molar-refractivity contribution in [1.29, 1.82) is 0 Å². The first-order valence-corrected chi connectivity index (χ1v) is 22.7. The Morgan fingerprint density at radius 2 is 1.43 bits per heavy atom. The Hall–Kier alpha value is -0.860. The Kier molecular flexibility index (Phi) is 15.4. The van der Waals surface area contributed by atoms with E-state index in [0.29, 0.717) is 63.1 Å². The minimum absolute atomic E-state index is 0.0770. The highest BCUT2D eigenvalue weighted by Gasteiger charge is 2.65. The van der Waals surface area contributed by atoms with Gasteiger partial charge in [-0.15, -0.1) is 0 Å². The van der Waals surface area contributed by atoms with Crippen LogP contribution in [0.2, 0.25) is 0 Å². The molecule has 54 heavy (non-hydrogen) atoms. The van der Waals surface area contributed by atoms with Crippen LogP contribution in [0.5, 0.6) is 0 Å². The summed E-state index contributed by atoms with van der Waals surface area (Å²) in [5.41, 5.74) is 0.279. The number of hydrogen-bond acceptors (Lipinski definition) is 7. The van der Waals surface area contributed by atoms with Gasteiger partial charge in [0.1, 0.15) is 16.6 Å². The van der Waals surface area contributed by atoms with Crippen LogP contribution in [-0.2, 0) is 33.5 Å². The minimum Gasteiger partial charge on any atom is -0.374 e. The highest BCUT2D eigenvalue weighted by Crippen LogP contribution is 2.68. The van der Waals surface area contributed by atoms with Gasteiger partial charge >= 0.3 is 12.1 Å². The second-order valence-electron chi connectivity index (χ2n) is 17.7. The first-order valence-electron chi connectivity index (χ1n) is 20.9. The molecule has 1 saturated heterocycles. The molecule has 0 bridgehead atoms. The number of halogens is 5. The summed E-state index contributed by atoms with van der Waals surface area (Å²) in [5.74, 6) is -3.68. The lowest BCUT2D eigenvalue weighted by molar-refractivity contribution is -0.284. The van der Waals surface area contributed by atoms with Gasteiger partial charge in [-0.1, -0.05) is 64.5 Å². The third-order valence-electron chi connectivity index (χ3n) is 14.2. The molecule has 1 spiro atoms.